The molecule has 0 amide bonds. The van der Waals surface area contributed by atoms with Gasteiger partial charge in [0.25, 0.3) is 0 Å². The lowest BCUT2D eigenvalue weighted by molar-refractivity contribution is 0.192. The minimum Gasteiger partial charge on any atom is -0.317 e. The van der Waals surface area contributed by atoms with Crippen molar-refractivity contribution in [3.8, 4) is 0 Å². The van der Waals surface area contributed by atoms with E-state index < -0.39 is 0 Å². The fourth-order valence-electron chi connectivity index (χ4n) is 3.55. The smallest absolute Gasteiger partial charge is 0.0104 e. The van der Waals surface area contributed by atoms with E-state index in [4.69, 9.17) is 0 Å². The summed E-state index contributed by atoms with van der Waals surface area (Å²) in [7, 11) is 2.15. The summed E-state index contributed by atoms with van der Waals surface area (Å²) in [6.07, 6.45) is 9.99. The molecule has 2 aliphatic rings. The van der Waals surface area contributed by atoms with Crippen LogP contribution in [-0.2, 0) is 0 Å². The quantitative estimate of drug-likeness (QED) is 0.741. The molecule has 0 aromatic carbocycles. The molecule has 1 saturated heterocycles. The number of hydrogen-bond acceptors (Lipinski definition) is 2. The number of nitrogens with one attached hydrogen (secondary N) is 1. The van der Waals surface area contributed by atoms with Gasteiger partial charge in [0, 0.05) is 18.6 Å². The molecule has 0 aromatic heterocycles. The molecule has 1 N–H and O–H groups in total. The molecular formula is C14H28N2. The summed E-state index contributed by atoms with van der Waals surface area (Å²) in [4.78, 5) is 2.72. The van der Waals surface area contributed by atoms with Gasteiger partial charge in [0.2, 0.25) is 0 Å². The average molecular weight is 224 g/mol. The molecule has 0 radical (unpaired) electrons. The van der Waals surface area contributed by atoms with E-state index >= 15 is 0 Å². The molecule has 0 spiro atoms. The van der Waals surface area contributed by atoms with Gasteiger partial charge in [-0.15, -0.1) is 0 Å². The van der Waals surface area contributed by atoms with Crippen molar-refractivity contribution in [3.63, 3.8) is 0 Å². The summed E-state index contributed by atoms with van der Waals surface area (Å²) >= 11 is 0. The number of likely N-dealkylation sites (tertiary alicyclic amines) is 1. The first-order valence-corrected chi connectivity index (χ1v) is 7.22. The van der Waals surface area contributed by atoms with Crippen LogP contribution in [0.2, 0.25) is 0 Å². The van der Waals surface area contributed by atoms with Crippen molar-refractivity contribution in [1.82, 2.24) is 10.2 Å². The van der Waals surface area contributed by atoms with Crippen LogP contribution in [-0.4, -0.2) is 37.1 Å². The van der Waals surface area contributed by atoms with Crippen molar-refractivity contribution in [2.75, 3.05) is 20.1 Å². The standard InChI is InChI=1S/C14H28N2/c1-12-7-6-10-16(12)11-13-8-4-3-5-9-14(13)15-2/h12-15H,3-11H2,1-2H3. The Kier molecular flexibility index (Phi) is 4.66. The second-order valence-electron chi connectivity index (χ2n) is 5.78. The predicted octanol–water partition coefficient (Wildman–Crippen LogP) is 2.64. The number of nitrogens with zero attached hydrogens (tertiary/aromatic N) is 1. The van der Waals surface area contributed by atoms with Crippen LogP contribution in [0.15, 0.2) is 0 Å². The highest BCUT2D eigenvalue weighted by molar-refractivity contribution is 4.84. The van der Waals surface area contributed by atoms with Crippen LogP contribution in [0.25, 0.3) is 0 Å². The SMILES string of the molecule is CNC1CCCCCC1CN1CCCC1C. The molecule has 1 aliphatic carbocycles. The fourth-order valence-corrected chi connectivity index (χ4v) is 3.55. The highest BCUT2D eigenvalue weighted by Crippen LogP contribution is 2.27. The van der Waals surface area contributed by atoms with Crippen LogP contribution < -0.4 is 5.32 Å². The van der Waals surface area contributed by atoms with E-state index in [1.54, 1.807) is 0 Å². The van der Waals surface area contributed by atoms with Crippen molar-refractivity contribution in [3.05, 3.63) is 0 Å². The van der Waals surface area contributed by atoms with Gasteiger partial charge >= 0.3 is 0 Å². The van der Waals surface area contributed by atoms with Crippen LogP contribution in [0.5, 0.6) is 0 Å². The van der Waals surface area contributed by atoms with Crippen LogP contribution >= 0.6 is 0 Å². The van der Waals surface area contributed by atoms with Gasteiger partial charge in [0.1, 0.15) is 0 Å². The molecule has 1 aliphatic heterocycles. The molecular weight excluding hydrogens is 196 g/mol. The summed E-state index contributed by atoms with van der Waals surface area (Å²) in [5, 5.41) is 3.56. The zero-order valence-corrected chi connectivity index (χ0v) is 11.0. The minimum atomic E-state index is 0.773. The summed E-state index contributed by atoms with van der Waals surface area (Å²) in [6.45, 7) is 5.08. The lowest BCUT2D eigenvalue weighted by atomic mass is 9.94. The lowest BCUT2D eigenvalue weighted by Gasteiger charge is -2.31. The molecule has 2 heteroatoms. The molecule has 0 bridgehead atoms. The molecule has 16 heavy (non-hydrogen) atoms. The van der Waals surface area contributed by atoms with Gasteiger partial charge < -0.3 is 10.2 Å². The topological polar surface area (TPSA) is 15.3 Å². The molecule has 1 saturated carbocycles. The van der Waals surface area contributed by atoms with Crippen LogP contribution in [0.1, 0.15) is 51.9 Å². The molecule has 0 aromatic rings. The van der Waals surface area contributed by atoms with E-state index in [0.717, 1.165) is 18.0 Å². The third kappa shape index (κ3) is 2.98. The Labute approximate surface area is 101 Å². The van der Waals surface area contributed by atoms with Crippen molar-refractivity contribution in [2.45, 2.75) is 64.0 Å². The van der Waals surface area contributed by atoms with Crippen molar-refractivity contribution in [2.24, 2.45) is 5.92 Å². The zero-order chi connectivity index (χ0) is 11.4. The van der Waals surface area contributed by atoms with E-state index in [1.165, 1.54) is 58.0 Å². The molecule has 2 fully saturated rings. The Morgan fingerprint density at radius 3 is 2.56 bits per heavy atom. The van der Waals surface area contributed by atoms with E-state index in [0.29, 0.717) is 0 Å². The van der Waals surface area contributed by atoms with Gasteiger partial charge in [-0.1, -0.05) is 19.3 Å². The maximum absolute atomic E-state index is 3.56. The number of hydrogen-bond donors (Lipinski definition) is 1. The van der Waals surface area contributed by atoms with E-state index in [9.17, 15) is 0 Å². The Hall–Kier alpha value is -0.0800. The maximum Gasteiger partial charge on any atom is 0.0104 e. The summed E-state index contributed by atoms with van der Waals surface area (Å²) in [5.74, 6) is 0.896. The lowest BCUT2D eigenvalue weighted by Crippen LogP contribution is -2.41. The van der Waals surface area contributed by atoms with Gasteiger partial charge in [-0.3, -0.25) is 0 Å². The molecule has 94 valence electrons. The largest absolute Gasteiger partial charge is 0.317 e. The molecule has 3 unspecified atom stereocenters. The molecule has 2 rings (SSSR count). The highest BCUT2D eigenvalue weighted by Gasteiger charge is 2.28. The third-order valence-corrected chi connectivity index (χ3v) is 4.69. The van der Waals surface area contributed by atoms with Gasteiger partial charge in [-0.25, -0.2) is 0 Å². The summed E-state index contributed by atoms with van der Waals surface area (Å²) < 4.78 is 0. The second kappa shape index (κ2) is 6.02. The van der Waals surface area contributed by atoms with E-state index in [1.807, 2.05) is 0 Å². The number of rotatable bonds is 3. The first kappa shape index (κ1) is 12.4. The second-order valence-corrected chi connectivity index (χ2v) is 5.78. The third-order valence-electron chi connectivity index (χ3n) is 4.69. The Morgan fingerprint density at radius 2 is 1.88 bits per heavy atom. The van der Waals surface area contributed by atoms with Gasteiger partial charge in [0.05, 0.1) is 0 Å². The van der Waals surface area contributed by atoms with Crippen molar-refractivity contribution in [1.29, 1.82) is 0 Å². The zero-order valence-electron chi connectivity index (χ0n) is 11.0. The van der Waals surface area contributed by atoms with Gasteiger partial charge in [0.15, 0.2) is 0 Å². The average Bonchev–Trinajstić information content (AvgIpc) is 2.56. The van der Waals surface area contributed by atoms with Crippen LogP contribution in [0, 0.1) is 5.92 Å². The molecule has 1 heterocycles. The van der Waals surface area contributed by atoms with Crippen molar-refractivity contribution >= 4 is 0 Å². The summed E-state index contributed by atoms with van der Waals surface area (Å²) in [6, 6.07) is 1.61. The Balaban J connectivity index is 1.89. The predicted molar refractivity (Wildman–Crippen MR) is 69.7 cm³/mol. The summed E-state index contributed by atoms with van der Waals surface area (Å²) in [5.41, 5.74) is 0. The Bertz CT molecular complexity index is 205. The van der Waals surface area contributed by atoms with Crippen LogP contribution in [0.4, 0.5) is 0 Å². The Morgan fingerprint density at radius 1 is 1.06 bits per heavy atom. The van der Waals surface area contributed by atoms with E-state index in [-0.39, 0.29) is 0 Å². The van der Waals surface area contributed by atoms with Crippen LogP contribution in [0.3, 0.4) is 0 Å². The van der Waals surface area contributed by atoms with Gasteiger partial charge in [-0.05, 0) is 52.1 Å². The molecule has 3 atom stereocenters. The van der Waals surface area contributed by atoms with Crippen molar-refractivity contribution < 1.29 is 0 Å². The minimum absolute atomic E-state index is 0.773. The van der Waals surface area contributed by atoms with E-state index in [2.05, 4.69) is 24.2 Å². The molecule has 2 nitrogen and oxygen atoms in total. The first-order chi connectivity index (χ1) is 7.81. The first-order valence-electron chi connectivity index (χ1n) is 7.22. The normalized spacial score (nSPS) is 37.5. The maximum atomic E-state index is 3.56. The monoisotopic (exact) mass is 224 g/mol. The fraction of sp³-hybridized carbons (Fsp3) is 1.00. The van der Waals surface area contributed by atoms with Gasteiger partial charge in [-0.2, -0.15) is 0 Å². The highest BCUT2D eigenvalue weighted by atomic mass is 15.2.